The third-order valence-electron chi connectivity index (χ3n) is 4.41. The van der Waals surface area contributed by atoms with Gasteiger partial charge < -0.3 is 15.2 Å². The molecule has 4 nitrogen and oxygen atoms in total. The lowest BCUT2D eigenvalue weighted by Gasteiger charge is -2.22. The van der Waals surface area contributed by atoms with Gasteiger partial charge in [-0.3, -0.25) is 0 Å². The molecule has 3 aromatic carbocycles. The molecule has 1 aliphatic rings. The smallest absolute Gasteiger partial charge is 0.338 e. The second kappa shape index (κ2) is 6.08. The van der Waals surface area contributed by atoms with E-state index < -0.39 is 0 Å². The van der Waals surface area contributed by atoms with Gasteiger partial charge in [0, 0.05) is 28.1 Å². The van der Waals surface area contributed by atoms with Crippen LogP contribution in [0.3, 0.4) is 0 Å². The van der Waals surface area contributed by atoms with Gasteiger partial charge in [0.15, 0.2) is 0 Å². The third kappa shape index (κ3) is 2.52. The van der Waals surface area contributed by atoms with Gasteiger partial charge in [0.25, 0.3) is 0 Å². The van der Waals surface area contributed by atoms with E-state index in [4.69, 9.17) is 15.2 Å². The summed E-state index contributed by atoms with van der Waals surface area (Å²) in [6.07, 6.45) is 0. The Labute approximate surface area is 150 Å². The van der Waals surface area contributed by atoms with Crippen LogP contribution in [0.25, 0.3) is 12.2 Å². The first-order valence-electron chi connectivity index (χ1n) is 8.17. The van der Waals surface area contributed by atoms with E-state index in [0.29, 0.717) is 22.7 Å². The first-order valence-corrected chi connectivity index (χ1v) is 8.17. The Balaban J connectivity index is 2.13. The van der Waals surface area contributed by atoms with Crippen molar-refractivity contribution in [2.45, 2.75) is 0 Å². The number of carbonyl (C=O) groups excluding carboxylic acids is 1. The molecule has 4 rings (SSSR count). The number of methoxy groups -OCH3 is 1. The number of carbonyl (C=O) groups is 1. The maximum absolute atomic E-state index is 12.3. The second-order valence-corrected chi connectivity index (χ2v) is 6.10. The molecule has 0 amide bonds. The van der Waals surface area contributed by atoms with Crippen LogP contribution in [0.15, 0.2) is 60.7 Å². The molecule has 128 valence electrons. The van der Waals surface area contributed by atoms with Gasteiger partial charge in [0.05, 0.1) is 12.7 Å². The number of hydrogen-bond acceptors (Lipinski definition) is 4. The Hall–Kier alpha value is -3.53. The van der Waals surface area contributed by atoms with Gasteiger partial charge >= 0.3 is 5.97 Å². The van der Waals surface area contributed by atoms with Gasteiger partial charge in [-0.15, -0.1) is 0 Å². The molecule has 0 aromatic heterocycles. The normalized spacial score (nSPS) is 12.0. The van der Waals surface area contributed by atoms with E-state index in [1.54, 1.807) is 12.1 Å². The zero-order valence-electron chi connectivity index (χ0n) is 14.3. The van der Waals surface area contributed by atoms with Gasteiger partial charge in [-0.05, 0) is 35.0 Å². The maximum Gasteiger partial charge on any atom is 0.338 e. The van der Waals surface area contributed by atoms with E-state index in [-0.39, 0.29) is 5.97 Å². The van der Waals surface area contributed by atoms with Crippen molar-refractivity contribution in [2.24, 2.45) is 0 Å². The molecular formula is C22H17NO3. The van der Waals surface area contributed by atoms with Crippen LogP contribution in [0.1, 0.15) is 21.5 Å². The number of benzene rings is 3. The van der Waals surface area contributed by atoms with Crippen LogP contribution in [0.2, 0.25) is 0 Å². The minimum Gasteiger partial charge on any atom is -0.465 e. The Morgan fingerprint density at radius 3 is 2.62 bits per heavy atom. The Bertz CT molecular complexity index is 1150. The standard InChI is InChI=1S/C22H17NO3/c1-13-7-9-17-19(11-13)26-20-12-14(23)8-10-18(20)21(17)15-5-3-4-6-16(15)22(24)25-2/h3-12H,1,23H2,2H3. The Kier molecular flexibility index (Phi) is 3.73. The second-order valence-electron chi connectivity index (χ2n) is 6.10. The quantitative estimate of drug-likeness (QED) is 0.449. The highest BCUT2D eigenvalue weighted by molar-refractivity contribution is 5.99. The fourth-order valence-electron chi connectivity index (χ4n) is 3.23. The number of nitrogens with two attached hydrogens (primary N) is 1. The SMILES string of the molecule is C=c1ccc2c(c1)Oc1cc(N)ccc1C=2c1ccccc1C(=O)OC. The molecule has 4 heteroatoms. The van der Waals surface area contributed by atoms with Gasteiger partial charge in [0.2, 0.25) is 0 Å². The largest absolute Gasteiger partial charge is 0.465 e. The molecule has 26 heavy (non-hydrogen) atoms. The average Bonchev–Trinajstić information content (AvgIpc) is 2.65. The number of anilines is 1. The van der Waals surface area contributed by atoms with Crippen LogP contribution in [0, 0.1) is 0 Å². The number of nitrogen functional groups attached to an aromatic ring is 1. The van der Waals surface area contributed by atoms with Gasteiger partial charge in [-0.25, -0.2) is 4.79 Å². The van der Waals surface area contributed by atoms with E-state index in [0.717, 1.165) is 27.1 Å². The summed E-state index contributed by atoms with van der Waals surface area (Å²) < 4.78 is 11.0. The molecule has 0 saturated heterocycles. The van der Waals surface area contributed by atoms with Crippen LogP contribution < -0.4 is 20.9 Å². The van der Waals surface area contributed by atoms with Crippen molar-refractivity contribution in [3.8, 4) is 11.5 Å². The molecule has 0 fully saturated rings. The van der Waals surface area contributed by atoms with Crippen molar-refractivity contribution in [3.63, 3.8) is 0 Å². The van der Waals surface area contributed by atoms with E-state index in [9.17, 15) is 4.79 Å². The summed E-state index contributed by atoms with van der Waals surface area (Å²) in [6.45, 7) is 3.97. The lowest BCUT2D eigenvalue weighted by atomic mass is 9.89. The minimum atomic E-state index is -0.382. The summed E-state index contributed by atoms with van der Waals surface area (Å²) >= 11 is 0. The minimum absolute atomic E-state index is 0.382. The van der Waals surface area contributed by atoms with E-state index >= 15 is 0 Å². The van der Waals surface area contributed by atoms with Crippen molar-refractivity contribution in [2.75, 3.05) is 12.8 Å². The first-order chi connectivity index (χ1) is 12.6. The van der Waals surface area contributed by atoms with Crippen molar-refractivity contribution in [1.29, 1.82) is 0 Å². The van der Waals surface area contributed by atoms with Crippen molar-refractivity contribution in [1.82, 2.24) is 0 Å². The first kappa shape index (κ1) is 16.0. The van der Waals surface area contributed by atoms with Crippen molar-refractivity contribution < 1.29 is 14.3 Å². The molecule has 1 aliphatic heterocycles. The highest BCUT2D eigenvalue weighted by Crippen LogP contribution is 2.37. The number of ether oxygens (including phenoxy) is 2. The lowest BCUT2D eigenvalue weighted by molar-refractivity contribution is 0.0600. The average molecular weight is 343 g/mol. The predicted octanol–water partition coefficient (Wildman–Crippen LogP) is 2.82. The topological polar surface area (TPSA) is 61.5 Å². The van der Waals surface area contributed by atoms with Crippen LogP contribution in [-0.4, -0.2) is 13.1 Å². The van der Waals surface area contributed by atoms with Gasteiger partial charge in [-0.2, -0.15) is 0 Å². The van der Waals surface area contributed by atoms with Crippen LogP contribution in [0.5, 0.6) is 11.5 Å². The van der Waals surface area contributed by atoms with E-state index in [1.807, 2.05) is 48.5 Å². The Morgan fingerprint density at radius 1 is 1.00 bits per heavy atom. The molecule has 0 unspecified atom stereocenters. The summed E-state index contributed by atoms with van der Waals surface area (Å²) in [6, 6.07) is 18.7. The zero-order valence-corrected chi connectivity index (χ0v) is 14.3. The van der Waals surface area contributed by atoms with Crippen LogP contribution in [-0.2, 0) is 4.74 Å². The van der Waals surface area contributed by atoms with E-state index in [2.05, 4.69) is 6.58 Å². The number of hydrogen-bond donors (Lipinski definition) is 1. The molecule has 0 saturated carbocycles. The maximum atomic E-state index is 12.3. The summed E-state index contributed by atoms with van der Waals surface area (Å²) in [4.78, 5) is 12.3. The molecule has 1 heterocycles. The summed E-state index contributed by atoms with van der Waals surface area (Å²) in [5.41, 5.74) is 9.61. The van der Waals surface area contributed by atoms with Gasteiger partial charge in [-0.1, -0.05) is 36.9 Å². The zero-order chi connectivity index (χ0) is 18.3. The number of rotatable bonds is 2. The molecule has 0 atom stereocenters. The van der Waals surface area contributed by atoms with Crippen LogP contribution >= 0.6 is 0 Å². The molecule has 0 radical (unpaired) electrons. The van der Waals surface area contributed by atoms with E-state index in [1.165, 1.54) is 7.11 Å². The highest BCUT2D eigenvalue weighted by Gasteiger charge is 2.23. The number of fused-ring (bicyclic) bond motifs is 2. The fraction of sp³-hybridized carbons (Fsp3) is 0.0455. The molecule has 0 aliphatic carbocycles. The molecule has 2 N–H and O–H groups in total. The summed E-state index contributed by atoms with van der Waals surface area (Å²) in [5.74, 6) is 0.954. The van der Waals surface area contributed by atoms with Crippen LogP contribution in [0.4, 0.5) is 5.69 Å². The van der Waals surface area contributed by atoms with Crippen molar-refractivity contribution >= 4 is 23.8 Å². The van der Waals surface area contributed by atoms with Gasteiger partial charge in [0.1, 0.15) is 11.5 Å². The fourth-order valence-corrected chi connectivity index (χ4v) is 3.23. The summed E-state index contributed by atoms with van der Waals surface area (Å²) in [5, 5.41) is 1.74. The monoisotopic (exact) mass is 343 g/mol. The molecule has 3 aromatic rings. The summed E-state index contributed by atoms with van der Waals surface area (Å²) in [7, 11) is 1.38. The number of esters is 1. The van der Waals surface area contributed by atoms with Crippen molar-refractivity contribution in [3.05, 3.63) is 87.8 Å². The molecule has 0 spiro atoms. The molecule has 0 bridgehead atoms. The molecular weight excluding hydrogens is 326 g/mol. The third-order valence-corrected chi connectivity index (χ3v) is 4.41. The lowest BCUT2D eigenvalue weighted by Crippen LogP contribution is -2.21. The predicted molar refractivity (Wildman–Crippen MR) is 102 cm³/mol. The Morgan fingerprint density at radius 2 is 1.81 bits per heavy atom. The highest BCUT2D eigenvalue weighted by atomic mass is 16.5.